The molecule has 0 saturated carbocycles. The van der Waals surface area contributed by atoms with Crippen LogP contribution in [0.5, 0.6) is 0 Å². The zero-order valence-electron chi connectivity index (χ0n) is 12.6. The first-order chi connectivity index (χ1) is 11.0. The molecule has 4 nitrogen and oxygen atoms in total. The van der Waals surface area contributed by atoms with Crippen LogP contribution in [0.2, 0.25) is 0 Å². The van der Waals surface area contributed by atoms with Gasteiger partial charge in [-0.25, -0.2) is 13.1 Å². The van der Waals surface area contributed by atoms with Crippen molar-refractivity contribution in [1.29, 1.82) is 0 Å². The van der Waals surface area contributed by atoms with E-state index in [9.17, 15) is 13.5 Å². The molecule has 2 aromatic carbocycles. The van der Waals surface area contributed by atoms with E-state index in [1.807, 2.05) is 36.4 Å². The number of benzene rings is 2. The van der Waals surface area contributed by atoms with E-state index >= 15 is 0 Å². The lowest BCUT2D eigenvalue weighted by Gasteiger charge is -2.25. The smallest absolute Gasteiger partial charge is 0.212 e. The van der Waals surface area contributed by atoms with Gasteiger partial charge in [-0.15, -0.1) is 11.6 Å². The summed E-state index contributed by atoms with van der Waals surface area (Å²) in [5, 5.41) is 10.7. The predicted octanol–water partition coefficient (Wildman–Crippen LogP) is 3.01. The summed E-state index contributed by atoms with van der Waals surface area (Å²) in [5.41, 5.74) is 1.36. The van der Waals surface area contributed by atoms with Gasteiger partial charge >= 0.3 is 0 Å². The highest BCUT2D eigenvalue weighted by atomic mass is 35.5. The van der Waals surface area contributed by atoms with Crippen LogP contribution in [0.3, 0.4) is 0 Å². The molecule has 0 radical (unpaired) electrons. The molecule has 2 rings (SSSR count). The van der Waals surface area contributed by atoms with Crippen LogP contribution in [0, 0.1) is 0 Å². The molecule has 6 heteroatoms. The number of alkyl halides is 1. The molecular formula is C17H20ClNO3S. The molecule has 0 aliphatic carbocycles. The first-order valence-corrected chi connectivity index (χ1v) is 9.56. The van der Waals surface area contributed by atoms with Crippen LogP contribution in [0.15, 0.2) is 60.7 Å². The van der Waals surface area contributed by atoms with Gasteiger partial charge in [-0.05, 0) is 17.5 Å². The van der Waals surface area contributed by atoms with Crippen molar-refractivity contribution >= 4 is 21.6 Å². The minimum atomic E-state index is -3.54. The maximum Gasteiger partial charge on any atom is 0.212 e. The van der Waals surface area contributed by atoms with E-state index in [1.54, 1.807) is 24.3 Å². The lowest BCUT2D eigenvalue weighted by Crippen LogP contribution is -2.34. The molecule has 2 N–H and O–H groups in total. The van der Waals surface area contributed by atoms with Crippen molar-refractivity contribution < 1.29 is 13.5 Å². The Hall–Kier alpha value is -1.40. The second kappa shape index (κ2) is 8.45. The SMILES string of the molecule is O=S(=O)(CCCCl)NC(c1ccccc1)C(O)c1ccccc1. The zero-order chi connectivity index (χ0) is 16.7. The van der Waals surface area contributed by atoms with Gasteiger partial charge in [0.1, 0.15) is 0 Å². The van der Waals surface area contributed by atoms with Gasteiger partial charge < -0.3 is 5.11 Å². The Morgan fingerprint density at radius 2 is 1.48 bits per heavy atom. The third-order valence-electron chi connectivity index (χ3n) is 3.47. The van der Waals surface area contributed by atoms with Crippen molar-refractivity contribution in [2.75, 3.05) is 11.6 Å². The molecule has 0 aliphatic rings. The maximum absolute atomic E-state index is 12.2. The predicted molar refractivity (Wildman–Crippen MR) is 92.8 cm³/mol. The van der Waals surface area contributed by atoms with Gasteiger partial charge in [-0.1, -0.05) is 60.7 Å². The van der Waals surface area contributed by atoms with Gasteiger partial charge in [0.25, 0.3) is 0 Å². The lowest BCUT2D eigenvalue weighted by atomic mass is 9.97. The zero-order valence-corrected chi connectivity index (χ0v) is 14.2. The van der Waals surface area contributed by atoms with Crippen molar-refractivity contribution in [2.24, 2.45) is 0 Å². The molecule has 23 heavy (non-hydrogen) atoms. The largest absolute Gasteiger partial charge is 0.386 e. The van der Waals surface area contributed by atoms with Crippen molar-refractivity contribution in [3.8, 4) is 0 Å². The van der Waals surface area contributed by atoms with E-state index in [1.165, 1.54) is 0 Å². The minimum Gasteiger partial charge on any atom is -0.386 e. The highest BCUT2D eigenvalue weighted by Crippen LogP contribution is 2.29. The summed E-state index contributed by atoms with van der Waals surface area (Å²) >= 11 is 5.58. The van der Waals surface area contributed by atoms with Crippen molar-refractivity contribution in [2.45, 2.75) is 18.6 Å². The van der Waals surface area contributed by atoms with Gasteiger partial charge in [-0.2, -0.15) is 0 Å². The van der Waals surface area contributed by atoms with E-state index in [0.717, 1.165) is 0 Å². The molecule has 0 aromatic heterocycles. The fourth-order valence-corrected chi connectivity index (χ4v) is 3.90. The average Bonchev–Trinajstić information content (AvgIpc) is 2.59. The molecule has 0 saturated heterocycles. The van der Waals surface area contributed by atoms with E-state index < -0.39 is 22.2 Å². The number of halogens is 1. The van der Waals surface area contributed by atoms with Crippen LogP contribution in [0.1, 0.15) is 29.7 Å². The van der Waals surface area contributed by atoms with Crippen molar-refractivity contribution in [3.05, 3.63) is 71.8 Å². The fraction of sp³-hybridized carbons (Fsp3) is 0.294. The Kier molecular flexibility index (Phi) is 6.59. The normalized spacial score (nSPS) is 14.3. The molecule has 0 amide bonds. The third kappa shape index (κ3) is 5.32. The number of sulfonamides is 1. The Morgan fingerprint density at radius 3 is 2.00 bits per heavy atom. The Morgan fingerprint density at radius 1 is 0.957 bits per heavy atom. The van der Waals surface area contributed by atoms with Crippen LogP contribution < -0.4 is 4.72 Å². The number of nitrogens with one attached hydrogen (secondary N) is 1. The monoisotopic (exact) mass is 353 g/mol. The fourth-order valence-electron chi connectivity index (χ4n) is 2.31. The number of aliphatic hydroxyl groups excluding tert-OH is 1. The number of rotatable bonds is 8. The van der Waals surface area contributed by atoms with Gasteiger partial charge in [-0.3, -0.25) is 0 Å². The topological polar surface area (TPSA) is 66.4 Å². The lowest BCUT2D eigenvalue weighted by molar-refractivity contribution is 0.139. The molecule has 0 heterocycles. The molecular weight excluding hydrogens is 334 g/mol. The summed E-state index contributed by atoms with van der Waals surface area (Å²) in [7, 11) is -3.54. The summed E-state index contributed by atoms with van der Waals surface area (Å²) in [6.45, 7) is 0. The van der Waals surface area contributed by atoms with Gasteiger partial charge in [0, 0.05) is 5.88 Å². The highest BCUT2D eigenvalue weighted by molar-refractivity contribution is 7.89. The Labute approximate surface area is 142 Å². The second-order valence-electron chi connectivity index (χ2n) is 5.22. The van der Waals surface area contributed by atoms with Crippen LogP contribution in [-0.4, -0.2) is 25.2 Å². The summed E-state index contributed by atoms with van der Waals surface area (Å²) in [6, 6.07) is 17.3. The molecule has 2 atom stereocenters. The van der Waals surface area contributed by atoms with Crippen molar-refractivity contribution in [1.82, 2.24) is 4.72 Å². The van der Waals surface area contributed by atoms with Crippen molar-refractivity contribution in [3.63, 3.8) is 0 Å². The summed E-state index contributed by atoms with van der Waals surface area (Å²) in [4.78, 5) is 0. The van der Waals surface area contributed by atoms with Crippen LogP contribution >= 0.6 is 11.6 Å². The van der Waals surface area contributed by atoms with Gasteiger partial charge in [0.15, 0.2) is 0 Å². The van der Waals surface area contributed by atoms with E-state index in [4.69, 9.17) is 11.6 Å². The van der Waals surface area contributed by atoms with E-state index in [0.29, 0.717) is 17.5 Å². The van der Waals surface area contributed by atoms with Crippen LogP contribution in [-0.2, 0) is 10.0 Å². The summed E-state index contributed by atoms with van der Waals surface area (Å²) in [5.74, 6) is 0.208. The molecule has 2 aromatic rings. The first kappa shape index (κ1) is 17.9. The van der Waals surface area contributed by atoms with Crippen LogP contribution in [0.4, 0.5) is 0 Å². The quantitative estimate of drug-likeness (QED) is 0.717. The number of hydrogen-bond donors (Lipinski definition) is 2. The molecule has 0 spiro atoms. The first-order valence-electron chi connectivity index (χ1n) is 7.37. The molecule has 124 valence electrons. The molecule has 0 aliphatic heterocycles. The Balaban J connectivity index is 2.29. The molecule has 0 bridgehead atoms. The summed E-state index contributed by atoms with van der Waals surface area (Å²) in [6.07, 6.45) is -0.621. The minimum absolute atomic E-state index is 0.0681. The van der Waals surface area contributed by atoms with E-state index in [2.05, 4.69) is 4.72 Å². The Bertz CT molecular complexity index is 692. The second-order valence-corrected chi connectivity index (χ2v) is 7.47. The molecule has 0 fully saturated rings. The van der Waals surface area contributed by atoms with Crippen LogP contribution in [0.25, 0.3) is 0 Å². The highest BCUT2D eigenvalue weighted by Gasteiger charge is 2.27. The maximum atomic E-state index is 12.2. The number of aliphatic hydroxyl groups is 1. The molecule has 2 unspecified atom stereocenters. The van der Waals surface area contributed by atoms with Gasteiger partial charge in [0.05, 0.1) is 17.9 Å². The standard InChI is InChI=1S/C17H20ClNO3S/c18-12-7-13-23(21,22)19-16(14-8-3-1-4-9-14)17(20)15-10-5-2-6-11-15/h1-6,8-11,16-17,19-20H,7,12-13H2. The van der Waals surface area contributed by atoms with E-state index in [-0.39, 0.29) is 11.6 Å². The van der Waals surface area contributed by atoms with Gasteiger partial charge in [0.2, 0.25) is 10.0 Å². The average molecular weight is 354 g/mol. The third-order valence-corrected chi connectivity index (χ3v) is 5.18. The summed E-state index contributed by atoms with van der Waals surface area (Å²) < 4.78 is 27.1. The number of hydrogen-bond acceptors (Lipinski definition) is 3.